The Bertz CT molecular complexity index is 441. The molecule has 0 bridgehead atoms. The van der Waals surface area contributed by atoms with Crippen molar-refractivity contribution in [2.75, 3.05) is 6.61 Å². The SMILES string of the molecule is C=C(C1CCC(CC)CC1)C1CCC(C(C)CCC)CC1C1CCCCO1. The molecule has 156 valence electrons. The summed E-state index contributed by atoms with van der Waals surface area (Å²) in [5, 5.41) is 0. The minimum absolute atomic E-state index is 0.518. The zero-order valence-electron chi connectivity index (χ0n) is 18.6. The molecule has 1 aliphatic heterocycles. The molecule has 0 aromatic heterocycles. The molecule has 3 fully saturated rings. The molecule has 3 rings (SSSR count). The quantitative estimate of drug-likeness (QED) is 0.413. The summed E-state index contributed by atoms with van der Waals surface area (Å²) in [6.07, 6.45) is 18.5. The second kappa shape index (κ2) is 10.5. The predicted molar refractivity (Wildman–Crippen MR) is 117 cm³/mol. The Labute approximate surface area is 169 Å². The monoisotopic (exact) mass is 374 g/mol. The maximum absolute atomic E-state index is 6.37. The fourth-order valence-electron chi connectivity index (χ4n) is 6.67. The Hall–Kier alpha value is -0.300. The molecule has 27 heavy (non-hydrogen) atoms. The fourth-order valence-corrected chi connectivity index (χ4v) is 6.67. The minimum Gasteiger partial charge on any atom is -0.378 e. The molecule has 0 spiro atoms. The summed E-state index contributed by atoms with van der Waals surface area (Å²) in [5.41, 5.74) is 1.63. The molecule has 0 N–H and O–H groups in total. The van der Waals surface area contributed by atoms with Crippen molar-refractivity contribution in [1.29, 1.82) is 0 Å². The van der Waals surface area contributed by atoms with E-state index in [1.54, 1.807) is 5.57 Å². The van der Waals surface area contributed by atoms with E-state index in [9.17, 15) is 0 Å². The summed E-state index contributed by atoms with van der Waals surface area (Å²) in [6.45, 7) is 13.0. The van der Waals surface area contributed by atoms with Gasteiger partial charge in [0.15, 0.2) is 0 Å². The van der Waals surface area contributed by atoms with Gasteiger partial charge in [-0.3, -0.25) is 0 Å². The van der Waals surface area contributed by atoms with Crippen LogP contribution in [0.25, 0.3) is 0 Å². The van der Waals surface area contributed by atoms with Gasteiger partial charge in [0.05, 0.1) is 6.10 Å². The highest BCUT2D eigenvalue weighted by Crippen LogP contribution is 2.48. The molecule has 5 atom stereocenters. The molecule has 5 unspecified atom stereocenters. The van der Waals surface area contributed by atoms with Crippen molar-refractivity contribution in [3.8, 4) is 0 Å². The lowest BCUT2D eigenvalue weighted by Gasteiger charge is -2.46. The first-order chi connectivity index (χ1) is 13.1. The molecule has 0 aromatic carbocycles. The number of ether oxygens (including phenoxy) is 1. The zero-order valence-corrected chi connectivity index (χ0v) is 18.6. The molecule has 1 heterocycles. The molecule has 0 amide bonds. The van der Waals surface area contributed by atoms with Gasteiger partial charge in [-0.2, -0.15) is 0 Å². The number of hydrogen-bond acceptors (Lipinski definition) is 1. The Kier molecular flexibility index (Phi) is 8.30. The first kappa shape index (κ1) is 21.4. The van der Waals surface area contributed by atoms with Crippen molar-refractivity contribution in [2.45, 2.75) is 110 Å². The molecule has 2 saturated carbocycles. The highest BCUT2D eigenvalue weighted by molar-refractivity contribution is 5.11. The molecule has 3 aliphatic rings. The third-order valence-electron chi connectivity index (χ3n) is 8.61. The summed E-state index contributed by atoms with van der Waals surface area (Å²) in [5.74, 6) is 5.07. The second-order valence-corrected chi connectivity index (χ2v) is 10.2. The van der Waals surface area contributed by atoms with Crippen LogP contribution in [-0.4, -0.2) is 12.7 Å². The van der Waals surface area contributed by atoms with Crippen molar-refractivity contribution in [3.05, 3.63) is 12.2 Å². The van der Waals surface area contributed by atoms with Crippen LogP contribution >= 0.6 is 0 Å². The van der Waals surface area contributed by atoms with E-state index in [1.807, 2.05) is 0 Å². The van der Waals surface area contributed by atoms with Crippen LogP contribution in [0, 0.1) is 35.5 Å². The molecular formula is C26H46O. The summed E-state index contributed by atoms with van der Waals surface area (Å²) in [4.78, 5) is 0. The van der Waals surface area contributed by atoms with Crippen molar-refractivity contribution in [2.24, 2.45) is 35.5 Å². The largest absolute Gasteiger partial charge is 0.378 e. The van der Waals surface area contributed by atoms with Crippen molar-refractivity contribution in [3.63, 3.8) is 0 Å². The molecule has 1 nitrogen and oxygen atoms in total. The van der Waals surface area contributed by atoms with Gasteiger partial charge in [0.25, 0.3) is 0 Å². The lowest BCUT2D eigenvalue weighted by molar-refractivity contribution is -0.0555. The van der Waals surface area contributed by atoms with Crippen LogP contribution in [0.15, 0.2) is 12.2 Å². The summed E-state index contributed by atoms with van der Waals surface area (Å²) >= 11 is 0. The van der Waals surface area contributed by atoms with E-state index in [4.69, 9.17) is 11.3 Å². The van der Waals surface area contributed by atoms with Gasteiger partial charge in [-0.05, 0) is 99.7 Å². The fraction of sp³-hybridized carbons (Fsp3) is 0.923. The molecule has 1 heteroatoms. The number of hydrogen-bond donors (Lipinski definition) is 0. The smallest absolute Gasteiger partial charge is 0.0609 e. The first-order valence-electron chi connectivity index (χ1n) is 12.4. The summed E-state index contributed by atoms with van der Waals surface area (Å²) in [7, 11) is 0. The highest BCUT2D eigenvalue weighted by atomic mass is 16.5. The van der Waals surface area contributed by atoms with E-state index < -0.39 is 0 Å². The van der Waals surface area contributed by atoms with Crippen LogP contribution in [0.1, 0.15) is 104 Å². The van der Waals surface area contributed by atoms with E-state index in [0.29, 0.717) is 6.10 Å². The van der Waals surface area contributed by atoms with Gasteiger partial charge in [0.1, 0.15) is 0 Å². The Morgan fingerprint density at radius 2 is 1.78 bits per heavy atom. The lowest BCUT2D eigenvalue weighted by atomic mass is 9.62. The second-order valence-electron chi connectivity index (χ2n) is 10.2. The third kappa shape index (κ3) is 5.40. The average Bonchev–Trinajstić information content (AvgIpc) is 2.73. The molecule has 1 saturated heterocycles. The van der Waals surface area contributed by atoms with Crippen molar-refractivity contribution in [1.82, 2.24) is 0 Å². The van der Waals surface area contributed by atoms with Gasteiger partial charge < -0.3 is 4.74 Å². The van der Waals surface area contributed by atoms with Gasteiger partial charge in [0, 0.05) is 6.61 Å². The number of allylic oxidation sites excluding steroid dienone is 1. The molecule has 2 aliphatic carbocycles. The number of rotatable bonds is 7. The van der Waals surface area contributed by atoms with Crippen molar-refractivity contribution < 1.29 is 4.74 Å². The topological polar surface area (TPSA) is 9.23 Å². The molecule has 0 radical (unpaired) electrons. The lowest BCUT2D eigenvalue weighted by Crippen LogP contribution is -2.40. The van der Waals surface area contributed by atoms with Crippen LogP contribution in [0.5, 0.6) is 0 Å². The van der Waals surface area contributed by atoms with Crippen LogP contribution in [0.2, 0.25) is 0 Å². The van der Waals surface area contributed by atoms with E-state index in [0.717, 1.165) is 42.1 Å². The maximum atomic E-state index is 6.37. The summed E-state index contributed by atoms with van der Waals surface area (Å²) < 4.78 is 6.37. The van der Waals surface area contributed by atoms with Crippen molar-refractivity contribution >= 4 is 0 Å². The van der Waals surface area contributed by atoms with Gasteiger partial charge in [-0.1, -0.05) is 52.2 Å². The van der Waals surface area contributed by atoms with Crippen LogP contribution in [-0.2, 0) is 4.74 Å². The zero-order chi connectivity index (χ0) is 19.2. The standard InChI is InChI=1S/C26H46O/c1-5-9-19(3)23-15-16-24(25(18-23)26-10-7-8-17-27-26)20(4)22-13-11-21(6-2)12-14-22/h19,21-26H,4-18H2,1-3H3. The van der Waals surface area contributed by atoms with Crippen LogP contribution < -0.4 is 0 Å². The first-order valence-corrected chi connectivity index (χ1v) is 12.4. The van der Waals surface area contributed by atoms with E-state index >= 15 is 0 Å². The minimum atomic E-state index is 0.518. The maximum Gasteiger partial charge on any atom is 0.0609 e. The van der Waals surface area contributed by atoms with Gasteiger partial charge in [0.2, 0.25) is 0 Å². The van der Waals surface area contributed by atoms with Crippen LogP contribution in [0.3, 0.4) is 0 Å². The normalized spacial score (nSPS) is 39.1. The van der Waals surface area contributed by atoms with Gasteiger partial charge in [-0.25, -0.2) is 0 Å². The van der Waals surface area contributed by atoms with E-state index in [1.165, 1.54) is 83.5 Å². The molecular weight excluding hydrogens is 328 g/mol. The summed E-state index contributed by atoms with van der Waals surface area (Å²) in [6, 6.07) is 0. The molecule has 0 aromatic rings. The average molecular weight is 375 g/mol. The van der Waals surface area contributed by atoms with Gasteiger partial charge >= 0.3 is 0 Å². The van der Waals surface area contributed by atoms with E-state index in [-0.39, 0.29) is 0 Å². The predicted octanol–water partition coefficient (Wildman–Crippen LogP) is 7.80. The van der Waals surface area contributed by atoms with E-state index in [2.05, 4.69) is 20.8 Å². The Balaban J connectivity index is 1.67. The third-order valence-corrected chi connectivity index (χ3v) is 8.61. The Morgan fingerprint density at radius 1 is 1.00 bits per heavy atom. The Morgan fingerprint density at radius 3 is 2.41 bits per heavy atom. The highest BCUT2D eigenvalue weighted by Gasteiger charge is 2.41. The van der Waals surface area contributed by atoms with Gasteiger partial charge in [-0.15, -0.1) is 0 Å². The van der Waals surface area contributed by atoms with Crippen LogP contribution in [0.4, 0.5) is 0 Å².